The molecule has 0 saturated heterocycles. The molecule has 1 aromatic rings. The molecule has 0 aliphatic heterocycles. The van der Waals surface area contributed by atoms with Crippen LogP contribution in [0.5, 0.6) is 0 Å². The summed E-state index contributed by atoms with van der Waals surface area (Å²) in [5.74, 6) is 0.691. The van der Waals surface area contributed by atoms with Crippen molar-refractivity contribution in [3.63, 3.8) is 0 Å². The Morgan fingerprint density at radius 2 is 2.20 bits per heavy atom. The molecule has 4 heteroatoms. The molecule has 0 aromatic carbocycles. The fourth-order valence-electron chi connectivity index (χ4n) is 0.975. The van der Waals surface area contributed by atoms with E-state index >= 15 is 0 Å². The summed E-state index contributed by atoms with van der Waals surface area (Å²) in [6, 6.07) is 0. The van der Waals surface area contributed by atoms with Crippen LogP contribution in [0.2, 0.25) is 0 Å². The van der Waals surface area contributed by atoms with Gasteiger partial charge in [0.15, 0.2) is 0 Å². The summed E-state index contributed by atoms with van der Waals surface area (Å²) in [5.41, 5.74) is 5.81. The van der Waals surface area contributed by atoms with Crippen LogP contribution < -0.4 is 5.73 Å². The molecule has 0 amide bonds. The van der Waals surface area contributed by atoms with Crippen LogP contribution in [0.3, 0.4) is 0 Å². The number of aryl methyl sites for hydroxylation is 1. The highest BCUT2D eigenvalue weighted by Crippen LogP contribution is 2.16. The van der Waals surface area contributed by atoms with Crippen LogP contribution in [-0.4, -0.2) is 10.8 Å². The van der Waals surface area contributed by atoms with Crippen molar-refractivity contribution < 1.29 is 0 Å². The molecular weight excluding hydrogens is 206 g/mol. The van der Waals surface area contributed by atoms with Gasteiger partial charge in [-0.15, -0.1) is 11.3 Å². The van der Waals surface area contributed by atoms with Crippen LogP contribution in [-0.2, 0) is 13.0 Å². The summed E-state index contributed by atoms with van der Waals surface area (Å²) >= 11 is 1.71. The molecular formula is C11H19N3S. The first-order valence-electron chi connectivity index (χ1n) is 5.17. The van der Waals surface area contributed by atoms with Crippen molar-refractivity contribution in [3.8, 4) is 0 Å². The Balaban J connectivity index is 2.64. The van der Waals surface area contributed by atoms with E-state index in [4.69, 9.17) is 5.73 Å². The lowest BCUT2D eigenvalue weighted by molar-refractivity contribution is 0.581. The Bertz CT molecular complexity index is 347. The van der Waals surface area contributed by atoms with Crippen LogP contribution in [0, 0.1) is 5.41 Å². The van der Waals surface area contributed by atoms with E-state index in [9.17, 15) is 0 Å². The van der Waals surface area contributed by atoms with E-state index in [1.54, 1.807) is 11.3 Å². The van der Waals surface area contributed by atoms with E-state index in [0.29, 0.717) is 12.4 Å². The lowest BCUT2D eigenvalue weighted by atomic mass is 9.95. The van der Waals surface area contributed by atoms with E-state index in [2.05, 4.69) is 37.7 Å². The van der Waals surface area contributed by atoms with E-state index in [1.165, 1.54) is 4.88 Å². The summed E-state index contributed by atoms with van der Waals surface area (Å²) in [5, 5.41) is 1.04. The zero-order valence-corrected chi connectivity index (χ0v) is 10.7. The number of nitrogens with two attached hydrogens (primary N) is 1. The Labute approximate surface area is 95.4 Å². The number of aromatic nitrogens is 1. The van der Waals surface area contributed by atoms with Crippen molar-refractivity contribution >= 4 is 17.2 Å². The first kappa shape index (κ1) is 12.2. The molecule has 0 saturated carbocycles. The SMILES string of the molecule is CCc1cnc(CN=C(N)C(C)(C)C)s1. The van der Waals surface area contributed by atoms with Crippen LogP contribution in [0.1, 0.15) is 37.6 Å². The molecule has 0 atom stereocenters. The van der Waals surface area contributed by atoms with Gasteiger partial charge in [-0.1, -0.05) is 27.7 Å². The van der Waals surface area contributed by atoms with E-state index < -0.39 is 0 Å². The van der Waals surface area contributed by atoms with Crippen LogP contribution in [0.25, 0.3) is 0 Å². The molecule has 0 spiro atoms. The Kier molecular flexibility index (Phi) is 3.85. The lowest BCUT2D eigenvalue weighted by Crippen LogP contribution is -2.28. The second-order valence-corrected chi connectivity index (χ2v) is 5.73. The highest BCUT2D eigenvalue weighted by atomic mass is 32.1. The minimum absolute atomic E-state index is 0.0507. The predicted octanol–water partition coefficient (Wildman–Crippen LogP) is 2.61. The maximum absolute atomic E-state index is 5.86. The standard InChI is InChI=1S/C11H19N3S/c1-5-8-6-13-9(15-8)7-14-10(12)11(2,3)4/h6H,5,7H2,1-4H3,(H2,12,14). The minimum Gasteiger partial charge on any atom is -0.387 e. The van der Waals surface area contributed by atoms with Crippen LogP contribution >= 0.6 is 11.3 Å². The van der Waals surface area contributed by atoms with Gasteiger partial charge < -0.3 is 5.73 Å². The van der Waals surface area contributed by atoms with Gasteiger partial charge in [0.2, 0.25) is 0 Å². The van der Waals surface area contributed by atoms with E-state index in [0.717, 1.165) is 11.4 Å². The molecule has 0 aliphatic rings. The third-order valence-electron chi connectivity index (χ3n) is 2.10. The van der Waals surface area contributed by atoms with Gasteiger partial charge in [-0.05, 0) is 6.42 Å². The third kappa shape index (κ3) is 3.63. The van der Waals surface area contributed by atoms with Crippen molar-refractivity contribution in [1.82, 2.24) is 4.98 Å². The molecule has 3 nitrogen and oxygen atoms in total. The molecule has 0 radical (unpaired) electrons. The van der Waals surface area contributed by atoms with Gasteiger partial charge >= 0.3 is 0 Å². The zero-order chi connectivity index (χ0) is 11.5. The summed E-state index contributed by atoms with van der Waals surface area (Å²) in [7, 11) is 0. The Hall–Kier alpha value is -0.900. The largest absolute Gasteiger partial charge is 0.387 e. The van der Waals surface area contributed by atoms with Crippen molar-refractivity contribution in [2.24, 2.45) is 16.1 Å². The van der Waals surface area contributed by atoms with Crippen LogP contribution in [0.15, 0.2) is 11.2 Å². The van der Waals surface area contributed by atoms with Gasteiger partial charge in [0.1, 0.15) is 5.01 Å². The van der Waals surface area contributed by atoms with Crippen molar-refractivity contribution in [2.75, 3.05) is 0 Å². The van der Waals surface area contributed by atoms with E-state index in [-0.39, 0.29) is 5.41 Å². The topological polar surface area (TPSA) is 51.3 Å². The van der Waals surface area contributed by atoms with Crippen molar-refractivity contribution in [1.29, 1.82) is 0 Å². The van der Waals surface area contributed by atoms with Gasteiger partial charge in [0, 0.05) is 16.5 Å². The number of hydrogen-bond donors (Lipinski definition) is 1. The normalized spacial score (nSPS) is 13.2. The van der Waals surface area contributed by atoms with Crippen molar-refractivity contribution in [2.45, 2.75) is 40.7 Å². The first-order valence-corrected chi connectivity index (χ1v) is 5.99. The quantitative estimate of drug-likeness (QED) is 0.635. The zero-order valence-electron chi connectivity index (χ0n) is 9.87. The van der Waals surface area contributed by atoms with Gasteiger partial charge in [-0.3, -0.25) is 4.99 Å². The highest BCUT2D eigenvalue weighted by molar-refractivity contribution is 7.11. The molecule has 0 unspecified atom stereocenters. The molecule has 2 N–H and O–H groups in total. The summed E-state index contributed by atoms with van der Waals surface area (Å²) in [4.78, 5) is 9.95. The predicted molar refractivity (Wildman–Crippen MR) is 66.3 cm³/mol. The van der Waals surface area contributed by atoms with Gasteiger partial charge in [-0.2, -0.15) is 0 Å². The molecule has 0 aliphatic carbocycles. The Morgan fingerprint density at radius 3 is 2.67 bits per heavy atom. The molecule has 0 bridgehead atoms. The monoisotopic (exact) mass is 225 g/mol. The van der Waals surface area contributed by atoms with Gasteiger partial charge in [0.25, 0.3) is 0 Å². The average molecular weight is 225 g/mol. The number of hydrogen-bond acceptors (Lipinski definition) is 3. The molecule has 84 valence electrons. The highest BCUT2D eigenvalue weighted by Gasteiger charge is 2.15. The average Bonchev–Trinajstić information content (AvgIpc) is 2.60. The number of nitrogens with zero attached hydrogens (tertiary/aromatic N) is 2. The van der Waals surface area contributed by atoms with Crippen LogP contribution in [0.4, 0.5) is 0 Å². The molecule has 0 fully saturated rings. The summed E-state index contributed by atoms with van der Waals surface area (Å²) < 4.78 is 0. The van der Waals surface area contributed by atoms with Crippen molar-refractivity contribution in [3.05, 3.63) is 16.1 Å². The molecule has 15 heavy (non-hydrogen) atoms. The smallest absolute Gasteiger partial charge is 0.114 e. The molecule has 1 rings (SSSR count). The lowest BCUT2D eigenvalue weighted by Gasteiger charge is -2.16. The number of aliphatic imine (C=N–C) groups is 1. The van der Waals surface area contributed by atoms with Gasteiger partial charge in [0.05, 0.1) is 12.4 Å². The van der Waals surface area contributed by atoms with Gasteiger partial charge in [-0.25, -0.2) is 4.98 Å². The summed E-state index contributed by atoms with van der Waals surface area (Å²) in [6.45, 7) is 8.92. The molecule has 1 heterocycles. The fourth-order valence-corrected chi connectivity index (χ4v) is 1.76. The van der Waals surface area contributed by atoms with E-state index in [1.807, 2.05) is 6.20 Å². The number of thiazole rings is 1. The second-order valence-electron chi connectivity index (χ2n) is 4.53. The summed E-state index contributed by atoms with van der Waals surface area (Å²) in [6.07, 6.45) is 2.96. The minimum atomic E-state index is -0.0507. The molecule has 1 aromatic heterocycles. The number of amidine groups is 1. The third-order valence-corrected chi connectivity index (χ3v) is 3.23. The fraction of sp³-hybridized carbons (Fsp3) is 0.636. The number of rotatable bonds is 3. The Morgan fingerprint density at radius 1 is 1.53 bits per heavy atom. The second kappa shape index (κ2) is 4.75. The maximum atomic E-state index is 5.86. The maximum Gasteiger partial charge on any atom is 0.114 e. The first-order chi connectivity index (χ1) is 6.93.